The van der Waals surface area contributed by atoms with E-state index in [2.05, 4.69) is 44.1 Å². The van der Waals surface area contributed by atoms with Gasteiger partial charge in [-0.3, -0.25) is 4.98 Å². The van der Waals surface area contributed by atoms with Gasteiger partial charge < -0.3 is 5.32 Å². The van der Waals surface area contributed by atoms with E-state index in [1.807, 2.05) is 12.4 Å². The van der Waals surface area contributed by atoms with Crippen LogP contribution in [-0.4, -0.2) is 11.5 Å². The number of hydrogen-bond acceptors (Lipinski definition) is 2. The predicted octanol–water partition coefficient (Wildman–Crippen LogP) is 3.09. The summed E-state index contributed by atoms with van der Waals surface area (Å²) in [4.78, 5) is 4.23. The van der Waals surface area contributed by atoms with E-state index < -0.39 is 0 Å². The minimum Gasteiger partial charge on any atom is -0.310 e. The summed E-state index contributed by atoms with van der Waals surface area (Å²) in [6, 6.07) is 2.52. The second-order valence-corrected chi connectivity index (χ2v) is 4.15. The van der Waals surface area contributed by atoms with Gasteiger partial charge in [0, 0.05) is 18.4 Å². The zero-order chi connectivity index (χ0) is 11.3. The molecule has 0 radical (unpaired) electrons. The predicted molar refractivity (Wildman–Crippen MR) is 64.8 cm³/mol. The number of hydrogen-bond donors (Lipinski definition) is 1. The Balaban J connectivity index is 2.93. The Bertz CT molecular complexity index is 296. The Kier molecular flexibility index (Phi) is 4.76. The van der Waals surface area contributed by atoms with Crippen LogP contribution in [0.15, 0.2) is 18.5 Å². The zero-order valence-corrected chi connectivity index (χ0v) is 10.2. The minimum absolute atomic E-state index is 0.439. The van der Waals surface area contributed by atoms with Crippen molar-refractivity contribution in [1.82, 2.24) is 10.3 Å². The van der Waals surface area contributed by atoms with Gasteiger partial charge in [-0.2, -0.15) is 0 Å². The fourth-order valence-electron chi connectivity index (χ4n) is 1.88. The second-order valence-electron chi connectivity index (χ2n) is 4.15. The van der Waals surface area contributed by atoms with Crippen LogP contribution in [0.2, 0.25) is 0 Å². The molecule has 0 aliphatic heterocycles. The summed E-state index contributed by atoms with van der Waals surface area (Å²) in [7, 11) is 0. The van der Waals surface area contributed by atoms with Crippen molar-refractivity contribution in [3.63, 3.8) is 0 Å². The number of nitrogens with zero attached hydrogens (tertiary/aromatic N) is 1. The Morgan fingerprint density at radius 2 is 2.13 bits per heavy atom. The number of rotatable bonds is 5. The average molecular weight is 206 g/mol. The molecule has 0 aromatic carbocycles. The molecule has 0 amide bonds. The number of nitrogens with one attached hydrogen (secondary N) is 1. The highest BCUT2D eigenvalue weighted by Gasteiger charge is 2.18. The Morgan fingerprint density at radius 3 is 2.67 bits per heavy atom. The first-order valence-corrected chi connectivity index (χ1v) is 5.84. The van der Waals surface area contributed by atoms with Crippen molar-refractivity contribution < 1.29 is 0 Å². The maximum absolute atomic E-state index is 4.23. The van der Waals surface area contributed by atoms with E-state index in [-0.39, 0.29) is 0 Å². The van der Waals surface area contributed by atoms with Crippen LogP contribution in [0.3, 0.4) is 0 Å². The van der Waals surface area contributed by atoms with Gasteiger partial charge in [0.2, 0.25) is 0 Å². The standard InChI is InChI=1S/C13H22N2/c1-5-10(3)13(15-6-2)12-9-14-8-7-11(12)4/h7-10,13,15H,5-6H2,1-4H3. The van der Waals surface area contributed by atoms with E-state index in [1.54, 1.807) is 0 Å². The lowest BCUT2D eigenvalue weighted by Gasteiger charge is -2.25. The summed E-state index contributed by atoms with van der Waals surface area (Å²) < 4.78 is 0. The van der Waals surface area contributed by atoms with Gasteiger partial charge in [-0.05, 0) is 36.6 Å². The van der Waals surface area contributed by atoms with E-state index in [0.29, 0.717) is 12.0 Å². The van der Waals surface area contributed by atoms with Crippen LogP contribution in [0, 0.1) is 12.8 Å². The first-order valence-electron chi connectivity index (χ1n) is 5.84. The number of pyridine rings is 1. The molecule has 1 heterocycles. The van der Waals surface area contributed by atoms with Crippen LogP contribution in [0.1, 0.15) is 44.4 Å². The first kappa shape index (κ1) is 12.2. The van der Waals surface area contributed by atoms with Gasteiger partial charge in [-0.1, -0.05) is 27.2 Å². The van der Waals surface area contributed by atoms with Gasteiger partial charge in [-0.25, -0.2) is 0 Å². The molecule has 0 spiro atoms. The van der Waals surface area contributed by atoms with Crippen LogP contribution in [-0.2, 0) is 0 Å². The van der Waals surface area contributed by atoms with Crippen molar-refractivity contribution in [2.75, 3.05) is 6.54 Å². The Hall–Kier alpha value is -0.890. The van der Waals surface area contributed by atoms with Gasteiger partial charge in [0.25, 0.3) is 0 Å². The van der Waals surface area contributed by atoms with Gasteiger partial charge >= 0.3 is 0 Å². The van der Waals surface area contributed by atoms with Crippen molar-refractivity contribution in [2.45, 2.75) is 40.2 Å². The van der Waals surface area contributed by atoms with Gasteiger partial charge in [-0.15, -0.1) is 0 Å². The fourth-order valence-corrected chi connectivity index (χ4v) is 1.88. The van der Waals surface area contributed by atoms with Crippen molar-refractivity contribution in [1.29, 1.82) is 0 Å². The Morgan fingerprint density at radius 1 is 1.40 bits per heavy atom. The SMILES string of the molecule is CCNC(c1cnccc1C)C(C)CC. The molecule has 0 saturated heterocycles. The lowest BCUT2D eigenvalue weighted by Crippen LogP contribution is -2.27. The summed E-state index contributed by atoms with van der Waals surface area (Å²) >= 11 is 0. The van der Waals surface area contributed by atoms with E-state index >= 15 is 0 Å². The highest BCUT2D eigenvalue weighted by molar-refractivity contribution is 5.25. The minimum atomic E-state index is 0.439. The normalized spacial score (nSPS) is 14.9. The molecule has 2 nitrogen and oxygen atoms in total. The van der Waals surface area contributed by atoms with Crippen molar-refractivity contribution >= 4 is 0 Å². The highest BCUT2D eigenvalue weighted by atomic mass is 14.9. The van der Waals surface area contributed by atoms with E-state index in [1.165, 1.54) is 17.5 Å². The van der Waals surface area contributed by atoms with Crippen molar-refractivity contribution in [3.05, 3.63) is 29.6 Å². The maximum atomic E-state index is 4.23. The molecule has 1 N–H and O–H groups in total. The smallest absolute Gasteiger partial charge is 0.0363 e. The molecule has 0 fully saturated rings. The molecular formula is C13H22N2. The molecular weight excluding hydrogens is 184 g/mol. The quantitative estimate of drug-likeness (QED) is 0.800. The molecule has 1 aromatic heterocycles. The van der Waals surface area contributed by atoms with Gasteiger partial charge in [0.1, 0.15) is 0 Å². The molecule has 84 valence electrons. The van der Waals surface area contributed by atoms with Crippen LogP contribution >= 0.6 is 0 Å². The highest BCUT2D eigenvalue weighted by Crippen LogP contribution is 2.25. The third-order valence-corrected chi connectivity index (χ3v) is 3.05. The summed E-state index contributed by atoms with van der Waals surface area (Å²) in [6.07, 6.45) is 5.04. The largest absolute Gasteiger partial charge is 0.310 e. The molecule has 1 rings (SSSR count). The molecule has 0 bridgehead atoms. The summed E-state index contributed by atoms with van der Waals surface area (Å²) in [5, 5.41) is 3.55. The van der Waals surface area contributed by atoms with E-state index in [4.69, 9.17) is 0 Å². The lowest BCUT2D eigenvalue weighted by atomic mass is 9.91. The summed E-state index contributed by atoms with van der Waals surface area (Å²) in [5.74, 6) is 0.646. The lowest BCUT2D eigenvalue weighted by molar-refractivity contribution is 0.382. The molecule has 2 unspecified atom stereocenters. The summed E-state index contributed by atoms with van der Waals surface area (Å²) in [5.41, 5.74) is 2.67. The Labute approximate surface area is 93.1 Å². The molecule has 1 aromatic rings. The molecule has 0 aliphatic rings. The van der Waals surface area contributed by atoms with Crippen LogP contribution in [0.25, 0.3) is 0 Å². The van der Waals surface area contributed by atoms with Crippen molar-refractivity contribution in [2.24, 2.45) is 5.92 Å². The molecule has 2 atom stereocenters. The molecule has 15 heavy (non-hydrogen) atoms. The first-order chi connectivity index (χ1) is 7.20. The second kappa shape index (κ2) is 5.86. The topological polar surface area (TPSA) is 24.9 Å². The maximum Gasteiger partial charge on any atom is 0.0363 e. The molecule has 0 aliphatic carbocycles. The van der Waals surface area contributed by atoms with Crippen molar-refractivity contribution in [3.8, 4) is 0 Å². The monoisotopic (exact) mass is 206 g/mol. The van der Waals surface area contributed by atoms with Crippen LogP contribution in [0.5, 0.6) is 0 Å². The molecule has 2 heteroatoms. The van der Waals surface area contributed by atoms with Crippen LogP contribution < -0.4 is 5.32 Å². The van der Waals surface area contributed by atoms with E-state index in [9.17, 15) is 0 Å². The molecule has 0 saturated carbocycles. The zero-order valence-electron chi connectivity index (χ0n) is 10.2. The summed E-state index contributed by atoms with van der Waals surface area (Å²) in [6.45, 7) is 9.84. The van der Waals surface area contributed by atoms with E-state index in [0.717, 1.165) is 6.54 Å². The number of aromatic nitrogens is 1. The number of aryl methyl sites for hydroxylation is 1. The van der Waals surface area contributed by atoms with Gasteiger partial charge in [0.15, 0.2) is 0 Å². The third kappa shape index (κ3) is 3.03. The fraction of sp³-hybridized carbons (Fsp3) is 0.615. The van der Waals surface area contributed by atoms with Crippen LogP contribution in [0.4, 0.5) is 0 Å². The third-order valence-electron chi connectivity index (χ3n) is 3.05. The van der Waals surface area contributed by atoms with Gasteiger partial charge in [0.05, 0.1) is 0 Å². The average Bonchev–Trinajstić information content (AvgIpc) is 2.26.